The summed E-state index contributed by atoms with van der Waals surface area (Å²) in [5.41, 5.74) is 0.774. The van der Waals surface area contributed by atoms with E-state index in [-0.39, 0.29) is 18.1 Å². The van der Waals surface area contributed by atoms with E-state index in [0.29, 0.717) is 18.8 Å². The van der Waals surface area contributed by atoms with Gasteiger partial charge in [-0.15, -0.1) is 0 Å². The predicted octanol–water partition coefficient (Wildman–Crippen LogP) is 1.97. The van der Waals surface area contributed by atoms with E-state index in [2.05, 4.69) is 31.3 Å². The third kappa shape index (κ3) is 4.12. The maximum Gasteiger partial charge on any atom is 0.220 e. The first-order valence-corrected chi connectivity index (χ1v) is 6.89. The van der Waals surface area contributed by atoms with Gasteiger partial charge in [-0.3, -0.25) is 9.48 Å². The number of benzene rings is 1. The molecule has 1 heterocycles. The second kappa shape index (κ2) is 6.60. The molecule has 106 valence electrons. The fourth-order valence-electron chi connectivity index (χ4n) is 1.71. The number of halogens is 2. The van der Waals surface area contributed by atoms with Crippen molar-refractivity contribution in [2.45, 2.75) is 19.4 Å². The molecule has 0 spiro atoms. The molecule has 0 fully saturated rings. The summed E-state index contributed by atoms with van der Waals surface area (Å²) in [7, 11) is 1.76. The lowest BCUT2D eigenvalue weighted by atomic mass is 10.1. The second-order valence-corrected chi connectivity index (χ2v) is 5.20. The average Bonchev–Trinajstić information content (AvgIpc) is 2.83. The van der Waals surface area contributed by atoms with Gasteiger partial charge in [-0.2, -0.15) is 5.10 Å². The number of nitrogens with one attached hydrogen (secondary N) is 1. The summed E-state index contributed by atoms with van der Waals surface area (Å²) in [6.07, 6.45) is 2.33. The fourth-order valence-corrected chi connectivity index (χ4v) is 2.16. The Balaban J connectivity index is 1.81. The van der Waals surface area contributed by atoms with E-state index in [9.17, 15) is 9.18 Å². The Morgan fingerprint density at radius 2 is 2.30 bits per heavy atom. The molecular weight excluding hydrogens is 327 g/mol. The molecule has 7 heteroatoms. The van der Waals surface area contributed by atoms with Gasteiger partial charge in [0.2, 0.25) is 5.91 Å². The number of carbonyl (C=O) groups excluding carboxylic acids is 1. The van der Waals surface area contributed by atoms with Crippen LogP contribution in [-0.2, 0) is 24.8 Å². The molecule has 0 bridgehead atoms. The van der Waals surface area contributed by atoms with Crippen molar-refractivity contribution in [3.05, 3.63) is 46.2 Å². The Labute approximate surface area is 124 Å². The normalized spacial score (nSPS) is 10.6. The number of rotatable bonds is 5. The standard InChI is InChI=1S/C13H14BrFN4O/c1-19-8-17-12(18-19)7-16-13(20)5-2-9-6-10(15)3-4-11(9)14/h3-4,6,8H,2,5,7H2,1H3,(H,16,20). The molecule has 0 unspecified atom stereocenters. The quantitative estimate of drug-likeness (QED) is 0.905. The van der Waals surface area contributed by atoms with Crippen LogP contribution in [-0.4, -0.2) is 20.7 Å². The second-order valence-electron chi connectivity index (χ2n) is 4.35. The third-order valence-corrected chi connectivity index (χ3v) is 3.49. The molecule has 1 N–H and O–H groups in total. The highest BCUT2D eigenvalue weighted by atomic mass is 79.9. The van der Waals surface area contributed by atoms with E-state index in [1.807, 2.05) is 0 Å². The zero-order chi connectivity index (χ0) is 14.5. The maximum absolute atomic E-state index is 13.1. The third-order valence-electron chi connectivity index (χ3n) is 2.72. The molecule has 0 radical (unpaired) electrons. The SMILES string of the molecule is Cn1cnc(CNC(=O)CCc2cc(F)ccc2Br)n1. The van der Waals surface area contributed by atoms with Gasteiger partial charge in [0.05, 0.1) is 6.54 Å². The highest BCUT2D eigenvalue weighted by molar-refractivity contribution is 9.10. The van der Waals surface area contributed by atoms with Gasteiger partial charge in [-0.1, -0.05) is 15.9 Å². The van der Waals surface area contributed by atoms with E-state index < -0.39 is 0 Å². The van der Waals surface area contributed by atoms with E-state index in [4.69, 9.17) is 0 Å². The van der Waals surface area contributed by atoms with Gasteiger partial charge >= 0.3 is 0 Å². The molecule has 0 atom stereocenters. The number of nitrogens with zero attached hydrogens (tertiary/aromatic N) is 3. The maximum atomic E-state index is 13.1. The van der Waals surface area contributed by atoms with Crippen molar-refractivity contribution in [2.24, 2.45) is 7.05 Å². The Bertz CT molecular complexity index is 614. The fraction of sp³-hybridized carbons (Fsp3) is 0.308. The summed E-state index contributed by atoms with van der Waals surface area (Å²) in [4.78, 5) is 15.7. The first-order valence-electron chi connectivity index (χ1n) is 6.10. The van der Waals surface area contributed by atoms with Crippen LogP contribution in [0.1, 0.15) is 17.8 Å². The van der Waals surface area contributed by atoms with Gasteiger partial charge in [-0.05, 0) is 30.2 Å². The van der Waals surface area contributed by atoms with Gasteiger partial charge in [-0.25, -0.2) is 9.37 Å². The monoisotopic (exact) mass is 340 g/mol. The highest BCUT2D eigenvalue weighted by Crippen LogP contribution is 2.19. The molecule has 2 aromatic rings. The van der Waals surface area contributed by atoms with Crippen LogP contribution in [0, 0.1) is 5.82 Å². The van der Waals surface area contributed by atoms with Crippen LogP contribution in [0.15, 0.2) is 29.0 Å². The minimum Gasteiger partial charge on any atom is -0.349 e. The molecule has 0 aliphatic heterocycles. The summed E-state index contributed by atoms with van der Waals surface area (Å²) in [5, 5.41) is 6.79. The Hall–Kier alpha value is -1.76. The molecule has 2 rings (SSSR count). The Kier molecular flexibility index (Phi) is 4.84. The van der Waals surface area contributed by atoms with E-state index >= 15 is 0 Å². The van der Waals surface area contributed by atoms with Crippen LogP contribution < -0.4 is 5.32 Å². The van der Waals surface area contributed by atoms with Crippen LogP contribution in [0.4, 0.5) is 4.39 Å². The van der Waals surface area contributed by atoms with Gasteiger partial charge in [0.25, 0.3) is 0 Å². The summed E-state index contributed by atoms with van der Waals surface area (Å²) in [6.45, 7) is 0.296. The van der Waals surface area contributed by atoms with Crippen molar-refractivity contribution in [1.82, 2.24) is 20.1 Å². The lowest BCUT2D eigenvalue weighted by Gasteiger charge is -2.05. The van der Waals surface area contributed by atoms with Gasteiger partial charge in [0.15, 0.2) is 5.82 Å². The zero-order valence-electron chi connectivity index (χ0n) is 10.9. The van der Waals surface area contributed by atoms with Crippen molar-refractivity contribution >= 4 is 21.8 Å². The molecule has 1 amide bonds. The molecule has 1 aromatic heterocycles. The number of carbonyl (C=O) groups is 1. The van der Waals surface area contributed by atoms with Crippen LogP contribution in [0.25, 0.3) is 0 Å². The number of aromatic nitrogens is 3. The molecule has 0 aliphatic rings. The molecule has 0 saturated carbocycles. The number of amides is 1. The Morgan fingerprint density at radius 3 is 3.00 bits per heavy atom. The van der Waals surface area contributed by atoms with Gasteiger partial charge < -0.3 is 5.32 Å². The topological polar surface area (TPSA) is 59.8 Å². The molecule has 0 saturated heterocycles. The van der Waals surface area contributed by atoms with Gasteiger partial charge in [0, 0.05) is 17.9 Å². The summed E-state index contributed by atoms with van der Waals surface area (Å²) >= 11 is 3.34. The van der Waals surface area contributed by atoms with E-state index in [1.165, 1.54) is 12.1 Å². The number of aryl methyl sites for hydroxylation is 2. The minimum atomic E-state index is -0.304. The van der Waals surface area contributed by atoms with Crippen molar-refractivity contribution in [1.29, 1.82) is 0 Å². The smallest absolute Gasteiger partial charge is 0.220 e. The summed E-state index contributed by atoms with van der Waals surface area (Å²) < 4.78 is 15.5. The highest BCUT2D eigenvalue weighted by Gasteiger charge is 2.07. The van der Waals surface area contributed by atoms with Crippen LogP contribution >= 0.6 is 15.9 Å². The average molecular weight is 341 g/mol. The lowest BCUT2D eigenvalue weighted by molar-refractivity contribution is -0.121. The van der Waals surface area contributed by atoms with Gasteiger partial charge in [0.1, 0.15) is 12.1 Å². The first kappa shape index (κ1) is 14.6. The van der Waals surface area contributed by atoms with Crippen molar-refractivity contribution < 1.29 is 9.18 Å². The summed E-state index contributed by atoms with van der Waals surface area (Å²) in [6, 6.07) is 4.44. The Morgan fingerprint density at radius 1 is 1.50 bits per heavy atom. The summed E-state index contributed by atoms with van der Waals surface area (Å²) in [5.74, 6) is 0.141. The lowest BCUT2D eigenvalue weighted by Crippen LogP contribution is -2.23. The first-order chi connectivity index (χ1) is 9.54. The van der Waals surface area contributed by atoms with Crippen LogP contribution in [0.3, 0.4) is 0 Å². The molecular formula is C13H14BrFN4O. The molecule has 5 nitrogen and oxygen atoms in total. The van der Waals surface area contributed by atoms with Crippen LogP contribution in [0.5, 0.6) is 0 Å². The zero-order valence-corrected chi connectivity index (χ0v) is 12.5. The van der Waals surface area contributed by atoms with Crippen molar-refractivity contribution in [3.8, 4) is 0 Å². The van der Waals surface area contributed by atoms with E-state index in [0.717, 1.165) is 10.0 Å². The van der Waals surface area contributed by atoms with E-state index in [1.54, 1.807) is 24.1 Å². The largest absolute Gasteiger partial charge is 0.349 e. The molecule has 20 heavy (non-hydrogen) atoms. The molecule has 1 aromatic carbocycles. The predicted molar refractivity (Wildman–Crippen MR) is 75.3 cm³/mol. The number of hydrogen-bond acceptors (Lipinski definition) is 3. The minimum absolute atomic E-state index is 0.117. The van der Waals surface area contributed by atoms with Crippen molar-refractivity contribution in [2.75, 3.05) is 0 Å². The van der Waals surface area contributed by atoms with Crippen LogP contribution in [0.2, 0.25) is 0 Å². The molecule has 0 aliphatic carbocycles. The number of hydrogen-bond donors (Lipinski definition) is 1. The van der Waals surface area contributed by atoms with Crippen molar-refractivity contribution in [3.63, 3.8) is 0 Å².